The van der Waals surface area contributed by atoms with Crippen molar-refractivity contribution in [3.63, 3.8) is 0 Å². The summed E-state index contributed by atoms with van der Waals surface area (Å²) < 4.78 is 6.59. The average molecular weight is 260 g/mol. The Balaban J connectivity index is 2.45. The van der Waals surface area contributed by atoms with Gasteiger partial charge in [0.2, 0.25) is 5.88 Å². The number of carbonyl (C=O) groups is 2. The minimum Gasteiger partial charge on any atom is -0.481 e. The summed E-state index contributed by atoms with van der Waals surface area (Å²) in [5, 5.41) is 13.0. The lowest BCUT2D eigenvalue weighted by Gasteiger charge is -2.05. The van der Waals surface area contributed by atoms with Gasteiger partial charge in [-0.15, -0.1) is 0 Å². The number of benzene rings is 1. The Morgan fingerprint density at radius 3 is 2.37 bits per heavy atom. The molecule has 0 spiro atoms. The van der Waals surface area contributed by atoms with E-state index >= 15 is 0 Å². The van der Waals surface area contributed by atoms with Crippen molar-refractivity contribution in [1.82, 2.24) is 9.78 Å². The number of nitrogens with zero attached hydrogens (tertiary/aromatic N) is 2. The molecule has 2 rings (SSSR count). The number of carboxylic acids is 1. The van der Waals surface area contributed by atoms with Crippen molar-refractivity contribution in [2.24, 2.45) is 0 Å². The topological polar surface area (TPSA) is 81.4 Å². The van der Waals surface area contributed by atoms with E-state index in [0.717, 1.165) is 0 Å². The summed E-state index contributed by atoms with van der Waals surface area (Å²) in [5.74, 6) is -0.754. The molecule has 0 atom stereocenters. The summed E-state index contributed by atoms with van der Waals surface area (Å²) in [6.07, 6.45) is 0. The van der Waals surface area contributed by atoms with Gasteiger partial charge in [0.25, 0.3) is 0 Å². The zero-order chi connectivity index (χ0) is 14.0. The Kier molecular flexibility index (Phi) is 3.33. The lowest BCUT2D eigenvalue weighted by atomic mass is 10.2. The van der Waals surface area contributed by atoms with Crippen molar-refractivity contribution in [2.45, 2.75) is 6.92 Å². The Morgan fingerprint density at radius 2 is 1.89 bits per heavy atom. The first-order valence-corrected chi connectivity index (χ1v) is 5.51. The fraction of sp³-hybridized carbons (Fsp3) is 0.154. The zero-order valence-corrected chi connectivity index (χ0v) is 10.5. The fourth-order valence-electron chi connectivity index (χ4n) is 1.61. The number of Topliss-reactive ketones (excluding diaryl/α,β-unsaturated/α-hetero) is 1. The average Bonchev–Trinajstić information content (AvgIpc) is 2.83. The molecule has 0 aliphatic carbocycles. The predicted octanol–water partition coefficient (Wildman–Crippen LogP) is 1.78. The van der Waals surface area contributed by atoms with E-state index in [-0.39, 0.29) is 11.3 Å². The summed E-state index contributed by atoms with van der Waals surface area (Å²) in [6.45, 7) is 1.42. The molecule has 0 saturated heterocycles. The van der Waals surface area contributed by atoms with E-state index in [1.54, 1.807) is 12.1 Å². The number of hydrogen-bond donors (Lipinski definition) is 1. The molecule has 1 aromatic heterocycles. The van der Waals surface area contributed by atoms with Crippen LogP contribution in [-0.2, 0) is 0 Å². The van der Waals surface area contributed by atoms with Crippen molar-refractivity contribution in [3.8, 4) is 11.6 Å². The number of ether oxygens (including phenoxy) is 1. The molecular formula is C13H12N2O4. The molecule has 98 valence electrons. The van der Waals surface area contributed by atoms with Crippen LogP contribution in [0.2, 0.25) is 0 Å². The van der Waals surface area contributed by atoms with Crippen molar-refractivity contribution in [2.75, 3.05) is 7.11 Å². The molecule has 0 unspecified atom stereocenters. The second kappa shape index (κ2) is 4.93. The molecule has 0 amide bonds. The van der Waals surface area contributed by atoms with Crippen LogP contribution in [0.4, 0.5) is 0 Å². The Labute approximate surface area is 109 Å². The van der Waals surface area contributed by atoms with Gasteiger partial charge in [0.05, 0.1) is 18.4 Å². The number of carboxylic acid groups (broad SMARTS) is 1. The SMILES string of the molecule is COc1cc(C(C)=O)nn1-c1ccc(C(=O)O)cc1. The molecule has 19 heavy (non-hydrogen) atoms. The smallest absolute Gasteiger partial charge is 0.335 e. The van der Waals surface area contributed by atoms with Gasteiger partial charge in [0.15, 0.2) is 5.78 Å². The quantitative estimate of drug-likeness (QED) is 0.847. The number of carbonyl (C=O) groups excluding carboxylic acids is 1. The molecule has 1 aromatic carbocycles. The van der Waals surface area contributed by atoms with E-state index in [0.29, 0.717) is 17.3 Å². The van der Waals surface area contributed by atoms with Gasteiger partial charge in [0, 0.05) is 13.0 Å². The monoisotopic (exact) mass is 260 g/mol. The molecule has 1 N–H and O–H groups in total. The first-order chi connectivity index (χ1) is 9.02. The normalized spacial score (nSPS) is 10.2. The number of ketones is 1. The van der Waals surface area contributed by atoms with Crippen LogP contribution in [0.5, 0.6) is 5.88 Å². The molecule has 0 saturated carbocycles. The van der Waals surface area contributed by atoms with E-state index in [1.165, 1.54) is 36.9 Å². The number of hydrogen-bond acceptors (Lipinski definition) is 4. The van der Waals surface area contributed by atoms with Crippen LogP contribution < -0.4 is 4.74 Å². The third kappa shape index (κ3) is 2.47. The maximum Gasteiger partial charge on any atom is 0.335 e. The molecule has 6 heteroatoms. The predicted molar refractivity (Wildman–Crippen MR) is 67.1 cm³/mol. The van der Waals surface area contributed by atoms with Crippen molar-refractivity contribution in [3.05, 3.63) is 41.6 Å². The largest absolute Gasteiger partial charge is 0.481 e. The van der Waals surface area contributed by atoms with E-state index in [9.17, 15) is 9.59 Å². The summed E-state index contributed by atoms with van der Waals surface area (Å²) in [6, 6.07) is 7.66. The Hall–Kier alpha value is -2.63. The standard InChI is InChI=1S/C13H12N2O4/c1-8(16)11-7-12(19-2)15(14-11)10-5-3-9(4-6-10)13(17)18/h3-7H,1-2H3,(H,17,18). The summed E-state index contributed by atoms with van der Waals surface area (Å²) in [5.41, 5.74) is 1.09. The van der Waals surface area contributed by atoms with E-state index < -0.39 is 5.97 Å². The van der Waals surface area contributed by atoms with Crippen LogP contribution in [0.15, 0.2) is 30.3 Å². The van der Waals surface area contributed by atoms with Gasteiger partial charge < -0.3 is 9.84 Å². The third-order valence-corrected chi connectivity index (χ3v) is 2.61. The zero-order valence-electron chi connectivity index (χ0n) is 10.5. The van der Waals surface area contributed by atoms with Crippen LogP contribution in [0.1, 0.15) is 27.8 Å². The first kappa shape index (κ1) is 12.8. The summed E-state index contributed by atoms with van der Waals surface area (Å²) >= 11 is 0. The maximum atomic E-state index is 11.3. The van der Waals surface area contributed by atoms with Gasteiger partial charge in [0.1, 0.15) is 5.69 Å². The molecule has 2 aromatic rings. The first-order valence-electron chi connectivity index (χ1n) is 5.51. The number of rotatable bonds is 4. The molecule has 1 heterocycles. The molecule has 0 bridgehead atoms. The molecule has 6 nitrogen and oxygen atoms in total. The second-order valence-corrected chi connectivity index (χ2v) is 3.89. The minimum absolute atomic E-state index is 0.167. The van der Waals surface area contributed by atoms with Crippen molar-refractivity contribution >= 4 is 11.8 Å². The van der Waals surface area contributed by atoms with E-state index in [2.05, 4.69) is 5.10 Å². The molecule has 0 fully saturated rings. The van der Waals surface area contributed by atoms with Gasteiger partial charge in [-0.3, -0.25) is 4.79 Å². The highest BCUT2D eigenvalue weighted by molar-refractivity contribution is 5.92. The van der Waals surface area contributed by atoms with Crippen LogP contribution >= 0.6 is 0 Å². The van der Waals surface area contributed by atoms with Gasteiger partial charge in [-0.25, -0.2) is 9.48 Å². The van der Waals surface area contributed by atoms with Crippen LogP contribution in [0.25, 0.3) is 5.69 Å². The van der Waals surface area contributed by atoms with Gasteiger partial charge in [-0.05, 0) is 24.3 Å². The molecule has 0 radical (unpaired) electrons. The van der Waals surface area contributed by atoms with Gasteiger partial charge >= 0.3 is 5.97 Å². The molecular weight excluding hydrogens is 248 g/mol. The van der Waals surface area contributed by atoms with E-state index in [4.69, 9.17) is 9.84 Å². The van der Waals surface area contributed by atoms with Crippen molar-refractivity contribution < 1.29 is 19.4 Å². The third-order valence-electron chi connectivity index (χ3n) is 2.61. The Bertz CT molecular complexity index is 629. The van der Waals surface area contributed by atoms with Crippen LogP contribution in [-0.4, -0.2) is 33.7 Å². The van der Waals surface area contributed by atoms with Crippen LogP contribution in [0.3, 0.4) is 0 Å². The second-order valence-electron chi connectivity index (χ2n) is 3.89. The summed E-state index contributed by atoms with van der Waals surface area (Å²) in [4.78, 5) is 22.1. The lowest BCUT2D eigenvalue weighted by molar-refractivity contribution is 0.0696. The van der Waals surface area contributed by atoms with E-state index in [1.807, 2.05) is 0 Å². The maximum absolute atomic E-state index is 11.3. The highest BCUT2D eigenvalue weighted by Gasteiger charge is 2.13. The van der Waals surface area contributed by atoms with Crippen molar-refractivity contribution in [1.29, 1.82) is 0 Å². The fourth-order valence-corrected chi connectivity index (χ4v) is 1.61. The van der Waals surface area contributed by atoms with Gasteiger partial charge in [-0.1, -0.05) is 0 Å². The summed E-state index contributed by atoms with van der Waals surface area (Å²) in [7, 11) is 1.48. The molecule has 0 aliphatic heterocycles. The lowest BCUT2D eigenvalue weighted by Crippen LogP contribution is -2.02. The van der Waals surface area contributed by atoms with Crippen LogP contribution in [0, 0.1) is 0 Å². The highest BCUT2D eigenvalue weighted by Crippen LogP contribution is 2.20. The molecule has 0 aliphatic rings. The highest BCUT2D eigenvalue weighted by atomic mass is 16.5. The number of aromatic nitrogens is 2. The minimum atomic E-state index is -0.997. The Morgan fingerprint density at radius 1 is 1.26 bits per heavy atom. The number of aromatic carboxylic acids is 1. The van der Waals surface area contributed by atoms with Gasteiger partial charge in [-0.2, -0.15) is 5.10 Å². The number of methoxy groups -OCH3 is 1.